The van der Waals surface area contributed by atoms with Gasteiger partial charge in [0.25, 0.3) is 0 Å². The number of ether oxygens (including phenoxy) is 3. The molecule has 0 rings (SSSR count). The molecule has 0 radical (unpaired) electrons. The number of unbranched alkanes of at least 4 members (excludes halogenated alkanes) is 42. The topological polar surface area (TPSA) is 78.9 Å². The van der Waals surface area contributed by atoms with Crippen molar-refractivity contribution in [3.05, 3.63) is 36.5 Å². The molecular weight excluding hydrogens is 889 g/mol. The van der Waals surface area contributed by atoms with Gasteiger partial charge in [0.1, 0.15) is 13.2 Å². The number of rotatable bonds is 59. The maximum absolute atomic E-state index is 12.9. The highest BCUT2D eigenvalue weighted by Gasteiger charge is 2.19. The average molecular weight is 1010 g/mol. The molecule has 6 nitrogen and oxygen atoms in total. The molecule has 0 aliphatic heterocycles. The monoisotopic (exact) mass is 1010 g/mol. The minimum atomic E-state index is -0.776. The maximum Gasteiger partial charge on any atom is 0.306 e. The Morgan fingerprint density at radius 2 is 0.542 bits per heavy atom. The lowest BCUT2D eigenvalue weighted by atomic mass is 10.0. The van der Waals surface area contributed by atoms with Gasteiger partial charge in [0.05, 0.1) is 0 Å². The summed E-state index contributed by atoms with van der Waals surface area (Å²) in [7, 11) is 0. The van der Waals surface area contributed by atoms with Gasteiger partial charge in [-0.25, -0.2) is 0 Å². The zero-order valence-electron chi connectivity index (χ0n) is 48.5. The number of hydrogen-bond acceptors (Lipinski definition) is 6. The third kappa shape index (κ3) is 58.5. The fourth-order valence-corrected chi connectivity index (χ4v) is 9.64. The lowest BCUT2D eigenvalue weighted by Crippen LogP contribution is -2.30. The van der Waals surface area contributed by atoms with Crippen LogP contribution in [0.3, 0.4) is 0 Å². The molecule has 0 heterocycles. The summed E-state index contributed by atoms with van der Waals surface area (Å²) in [5.74, 6) is -0.864. The number of carbonyl (C=O) groups excluding carboxylic acids is 3. The summed E-state index contributed by atoms with van der Waals surface area (Å²) in [6.45, 7) is 6.58. The van der Waals surface area contributed by atoms with Crippen LogP contribution in [0.5, 0.6) is 0 Å². The van der Waals surface area contributed by atoms with E-state index < -0.39 is 6.10 Å². The first kappa shape index (κ1) is 69.6. The van der Waals surface area contributed by atoms with Crippen LogP contribution in [0.25, 0.3) is 0 Å². The first-order valence-corrected chi connectivity index (χ1v) is 32.0. The Morgan fingerprint density at radius 1 is 0.292 bits per heavy atom. The Balaban J connectivity index is 4.31. The van der Waals surface area contributed by atoms with Crippen molar-refractivity contribution in [1.82, 2.24) is 0 Å². The summed E-state index contributed by atoms with van der Waals surface area (Å²) >= 11 is 0. The Hall–Kier alpha value is -2.37. The van der Waals surface area contributed by atoms with Crippen molar-refractivity contribution in [2.24, 2.45) is 0 Å². The minimum absolute atomic E-state index is 0.0721. The summed E-state index contributed by atoms with van der Waals surface area (Å²) in [5, 5.41) is 0. The van der Waals surface area contributed by atoms with Gasteiger partial charge in [-0.1, -0.05) is 314 Å². The molecular formula is C66H122O6. The molecule has 6 heteroatoms. The summed E-state index contributed by atoms with van der Waals surface area (Å²) < 4.78 is 16.9. The number of hydrogen-bond donors (Lipinski definition) is 0. The van der Waals surface area contributed by atoms with Crippen molar-refractivity contribution in [2.75, 3.05) is 13.2 Å². The van der Waals surface area contributed by atoms with E-state index in [0.29, 0.717) is 19.3 Å². The van der Waals surface area contributed by atoms with E-state index in [2.05, 4.69) is 57.2 Å². The molecule has 72 heavy (non-hydrogen) atoms. The van der Waals surface area contributed by atoms with Gasteiger partial charge >= 0.3 is 17.9 Å². The predicted octanol–water partition coefficient (Wildman–Crippen LogP) is 21.6. The molecule has 0 saturated heterocycles. The fraction of sp³-hybridized carbons (Fsp3) is 0.864. The minimum Gasteiger partial charge on any atom is -0.462 e. The molecule has 0 fully saturated rings. The zero-order valence-corrected chi connectivity index (χ0v) is 48.5. The van der Waals surface area contributed by atoms with E-state index >= 15 is 0 Å². The van der Waals surface area contributed by atoms with Crippen molar-refractivity contribution in [3.63, 3.8) is 0 Å². The first-order chi connectivity index (χ1) is 35.5. The Kier molecular flexibility index (Phi) is 59.2. The van der Waals surface area contributed by atoms with Crippen LogP contribution in [-0.2, 0) is 28.6 Å². The van der Waals surface area contributed by atoms with Gasteiger partial charge in [-0.05, 0) is 51.4 Å². The fourth-order valence-electron chi connectivity index (χ4n) is 9.64. The molecule has 0 bridgehead atoms. The van der Waals surface area contributed by atoms with E-state index in [1.807, 2.05) is 0 Å². The molecule has 0 aliphatic carbocycles. The van der Waals surface area contributed by atoms with E-state index in [1.54, 1.807) is 0 Å². The molecule has 0 aromatic carbocycles. The molecule has 0 aromatic rings. The predicted molar refractivity (Wildman–Crippen MR) is 312 cm³/mol. The van der Waals surface area contributed by atoms with Crippen LogP contribution in [0.1, 0.15) is 348 Å². The molecule has 1 atom stereocenters. The number of esters is 3. The van der Waals surface area contributed by atoms with E-state index in [4.69, 9.17) is 14.2 Å². The summed E-state index contributed by atoms with van der Waals surface area (Å²) in [6, 6.07) is 0. The maximum atomic E-state index is 12.9. The van der Waals surface area contributed by atoms with Crippen LogP contribution in [-0.4, -0.2) is 37.2 Å². The summed E-state index contributed by atoms with van der Waals surface area (Å²) in [6.07, 6.45) is 74.4. The second-order valence-electron chi connectivity index (χ2n) is 21.7. The van der Waals surface area contributed by atoms with Crippen LogP contribution in [0.15, 0.2) is 36.5 Å². The first-order valence-electron chi connectivity index (χ1n) is 32.0. The molecule has 0 spiro atoms. The van der Waals surface area contributed by atoms with E-state index in [1.165, 1.54) is 212 Å². The average Bonchev–Trinajstić information content (AvgIpc) is 3.38. The van der Waals surface area contributed by atoms with Gasteiger partial charge in [0.2, 0.25) is 0 Å². The van der Waals surface area contributed by atoms with Gasteiger partial charge in [0.15, 0.2) is 6.10 Å². The van der Waals surface area contributed by atoms with E-state index in [-0.39, 0.29) is 31.1 Å². The van der Waals surface area contributed by atoms with Gasteiger partial charge < -0.3 is 14.2 Å². The van der Waals surface area contributed by atoms with Crippen molar-refractivity contribution < 1.29 is 28.6 Å². The van der Waals surface area contributed by atoms with Crippen molar-refractivity contribution >= 4 is 17.9 Å². The lowest BCUT2D eigenvalue weighted by Gasteiger charge is -2.18. The largest absolute Gasteiger partial charge is 0.462 e. The molecule has 0 aliphatic rings. The third-order valence-electron chi connectivity index (χ3n) is 14.4. The highest BCUT2D eigenvalue weighted by atomic mass is 16.6. The van der Waals surface area contributed by atoms with Gasteiger partial charge in [-0.3, -0.25) is 14.4 Å². The summed E-state index contributed by atoms with van der Waals surface area (Å²) in [4.78, 5) is 38.3. The van der Waals surface area contributed by atoms with E-state index in [0.717, 1.165) is 96.3 Å². The van der Waals surface area contributed by atoms with Crippen LogP contribution in [0, 0.1) is 0 Å². The standard InChI is InChI=1S/C66H122O6/c1-4-7-10-13-16-19-22-25-28-30-32-34-35-38-41-44-47-50-53-56-59-65(68)71-62-63(61-70-64(67)58-55-52-49-46-43-40-37-27-24-21-18-15-12-9-6-3)72-66(69)60-57-54-51-48-45-42-39-36-33-31-29-26-23-20-17-14-11-8-5-2/h9,12,18,21,27,37,63H,4-8,10-11,13-17,19-20,22-26,28-36,38-62H2,1-3H3/b12-9-,21-18-,37-27-. The highest BCUT2D eigenvalue weighted by molar-refractivity contribution is 5.71. The van der Waals surface area contributed by atoms with Crippen molar-refractivity contribution in [1.29, 1.82) is 0 Å². The van der Waals surface area contributed by atoms with Crippen LogP contribution < -0.4 is 0 Å². The number of carbonyl (C=O) groups is 3. The SMILES string of the molecule is CC/C=C\C/C=C\C/C=C\CCCCCCCC(=O)OCC(COC(=O)CCCCCCCCCCCCCCCCCCCCCC)OC(=O)CCCCCCCCCCCCCCCCCCCCC. The van der Waals surface area contributed by atoms with Crippen LogP contribution >= 0.6 is 0 Å². The smallest absolute Gasteiger partial charge is 0.306 e. The molecule has 0 aromatic heterocycles. The van der Waals surface area contributed by atoms with Gasteiger partial charge in [0, 0.05) is 19.3 Å². The molecule has 1 unspecified atom stereocenters. The Labute approximate surface area is 448 Å². The highest BCUT2D eigenvalue weighted by Crippen LogP contribution is 2.18. The quantitative estimate of drug-likeness (QED) is 0.0261. The molecule has 0 N–H and O–H groups in total. The Bertz CT molecular complexity index is 1210. The summed E-state index contributed by atoms with van der Waals surface area (Å²) in [5.41, 5.74) is 0. The molecule has 422 valence electrons. The second-order valence-corrected chi connectivity index (χ2v) is 21.7. The van der Waals surface area contributed by atoms with Gasteiger partial charge in [-0.2, -0.15) is 0 Å². The van der Waals surface area contributed by atoms with Crippen molar-refractivity contribution in [3.8, 4) is 0 Å². The molecule has 0 saturated carbocycles. The lowest BCUT2D eigenvalue weighted by molar-refractivity contribution is -0.167. The Morgan fingerprint density at radius 3 is 0.847 bits per heavy atom. The van der Waals surface area contributed by atoms with E-state index in [9.17, 15) is 14.4 Å². The zero-order chi connectivity index (χ0) is 52.2. The second kappa shape index (κ2) is 61.2. The van der Waals surface area contributed by atoms with Crippen molar-refractivity contribution in [2.45, 2.75) is 354 Å². The van der Waals surface area contributed by atoms with Gasteiger partial charge in [-0.15, -0.1) is 0 Å². The van der Waals surface area contributed by atoms with Crippen LogP contribution in [0.2, 0.25) is 0 Å². The number of allylic oxidation sites excluding steroid dienone is 6. The normalized spacial score (nSPS) is 12.2. The third-order valence-corrected chi connectivity index (χ3v) is 14.4. The molecule has 0 amide bonds. The van der Waals surface area contributed by atoms with Crippen LogP contribution in [0.4, 0.5) is 0 Å².